The number of carbonyl (C=O) groups excluding carboxylic acids is 2. The number of fused-ring (bicyclic) bond motifs is 1. The van der Waals surface area contributed by atoms with Crippen LogP contribution in [0.3, 0.4) is 0 Å². The Labute approximate surface area is 123 Å². The van der Waals surface area contributed by atoms with Crippen LogP contribution in [-0.2, 0) is 4.79 Å². The Hall–Kier alpha value is -2.08. The molecule has 1 atom stereocenters. The van der Waals surface area contributed by atoms with Crippen molar-refractivity contribution < 1.29 is 9.59 Å². The summed E-state index contributed by atoms with van der Waals surface area (Å²) in [5, 5.41) is 8.96. The first-order chi connectivity index (χ1) is 10.1. The Morgan fingerprint density at radius 2 is 2.19 bits per heavy atom. The van der Waals surface area contributed by atoms with Crippen molar-refractivity contribution in [3.63, 3.8) is 0 Å². The van der Waals surface area contributed by atoms with Crippen molar-refractivity contribution in [1.29, 1.82) is 0 Å². The summed E-state index contributed by atoms with van der Waals surface area (Å²) in [6.07, 6.45) is 0. The fourth-order valence-corrected chi connectivity index (χ4v) is 2.54. The SMILES string of the molecule is CC1C(=O)Nc2cc(C(=O)NCC3CNC3)ccc2N1C. The van der Waals surface area contributed by atoms with E-state index in [-0.39, 0.29) is 17.9 Å². The van der Waals surface area contributed by atoms with Gasteiger partial charge in [-0.2, -0.15) is 0 Å². The molecule has 112 valence electrons. The standard InChI is InChI=1S/C15H20N4O2/c1-9-14(20)18-12-5-11(3-4-13(12)19(9)2)15(21)17-8-10-6-16-7-10/h3-5,9-10,16H,6-8H2,1-2H3,(H,17,21)(H,18,20). The third-order valence-corrected chi connectivity index (χ3v) is 4.27. The molecule has 3 N–H and O–H groups in total. The number of nitrogens with one attached hydrogen (secondary N) is 3. The monoisotopic (exact) mass is 288 g/mol. The van der Waals surface area contributed by atoms with Gasteiger partial charge < -0.3 is 20.9 Å². The highest BCUT2D eigenvalue weighted by atomic mass is 16.2. The summed E-state index contributed by atoms with van der Waals surface area (Å²) in [5.41, 5.74) is 2.20. The first-order valence-electron chi connectivity index (χ1n) is 7.23. The number of nitrogens with zero attached hydrogens (tertiary/aromatic N) is 1. The lowest BCUT2D eigenvalue weighted by Crippen LogP contribution is -2.48. The minimum atomic E-state index is -0.205. The number of hydrogen-bond acceptors (Lipinski definition) is 4. The van der Waals surface area contributed by atoms with Crippen LogP contribution in [0.1, 0.15) is 17.3 Å². The van der Waals surface area contributed by atoms with Crippen molar-refractivity contribution in [2.45, 2.75) is 13.0 Å². The van der Waals surface area contributed by atoms with Gasteiger partial charge in [-0.15, -0.1) is 0 Å². The molecule has 0 saturated carbocycles. The second-order valence-corrected chi connectivity index (χ2v) is 5.74. The maximum absolute atomic E-state index is 12.1. The third-order valence-electron chi connectivity index (χ3n) is 4.27. The molecule has 2 amide bonds. The van der Waals surface area contributed by atoms with Gasteiger partial charge in [-0.1, -0.05) is 0 Å². The van der Waals surface area contributed by atoms with Crippen molar-refractivity contribution in [2.24, 2.45) is 5.92 Å². The van der Waals surface area contributed by atoms with Crippen LogP contribution in [0.2, 0.25) is 0 Å². The van der Waals surface area contributed by atoms with Crippen molar-refractivity contribution in [3.8, 4) is 0 Å². The molecule has 21 heavy (non-hydrogen) atoms. The summed E-state index contributed by atoms with van der Waals surface area (Å²) in [6, 6.07) is 5.21. The van der Waals surface area contributed by atoms with E-state index in [1.807, 2.05) is 24.9 Å². The van der Waals surface area contributed by atoms with Crippen LogP contribution >= 0.6 is 0 Å². The molecule has 2 aliphatic heterocycles. The minimum absolute atomic E-state index is 0.0527. The van der Waals surface area contributed by atoms with Gasteiger partial charge in [0.25, 0.3) is 5.91 Å². The smallest absolute Gasteiger partial charge is 0.251 e. The number of rotatable bonds is 3. The van der Waals surface area contributed by atoms with Crippen molar-refractivity contribution in [2.75, 3.05) is 36.9 Å². The van der Waals surface area contributed by atoms with E-state index in [9.17, 15) is 9.59 Å². The lowest BCUT2D eigenvalue weighted by molar-refractivity contribution is -0.117. The predicted octanol–water partition coefficient (Wildman–Crippen LogP) is 0.413. The Kier molecular flexibility index (Phi) is 3.55. The average molecular weight is 288 g/mol. The lowest BCUT2D eigenvalue weighted by atomic mass is 10.0. The van der Waals surface area contributed by atoms with Crippen LogP contribution in [0.25, 0.3) is 0 Å². The van der Waals surface area contributed by atoms with E-state index in [1.165, 1.54) is 0 Å². The van der Waals surface area contributed by atoms with Crippen LogP contribution in [0.5, 0.6) is 0 Å². The highest BCUT2D eigenvalue weighted by molar-refractivity contribution is 6.05. The molecule has 1 saturated heterocycles. The Morgan fingerprint density at radius 1 is 1.43 bits per heavy atom. The quantitative estimate of drug-likeness (QED) is 0.753. The molecule has 1 aromatic carbocycles. The molecule has 2 aliphatic rings. The summed E-state index contributed by atoms with van der Waals surface area (Å²) < 4.78 is 0. The molecule has 1 unspecified atom stereocenters. The highest BCUT2D eigenvalue weighted by Gasteiger charge is 2.27. The number of amides is 2. The van der Waals surface area contributed by atoms with Gasteiger partial charge in [-0.3, -0.25) is 9.59 Å². The fraction of sp³-hybridized carbons (Fsp3) is 0.467. The molecule has 3 rings (SSSR count). The van der Waals surface area contributed by atoms with E-state index in [0.29, 0.717) is 23.7 Å². The first-order valence-corrected chi connectivity index (χ1v) is 7.23. The van der Waals surface area contributed by atoms with Gasteiger partial charge in [0, 0.05) is 38.2 Å². The van der Waals surface area contributed by atoms with Gasteiger partial charge >= 0.3 is 0 Å². The largest absolute Gasteiger partial charge is 0.361 e. The van der Waals surface area contributed by atoms with Gasteiger partial charge in [0.2, 0.25) is 5.91 Å². The van der Waals surface area contributed by atoms with Crippen molar-refractivity contribution >= 4 is 23.2 Å². The zero-order chi connectivity index (χ0) is 15.0. The van der Waals surface area contributed by atoms with Crippen LogP contribution < -0.4 is 20.9 Å². The van der Waals surface area contributed by atoms with Gasteiger partial charge in [0.1, 0.15) is 6.04 Å². The summed E-state index contributed by atoms with van der Waals surface area (Å²) in [4.78, 5) is 25.9. The number of hydrogen-bond donors (Lipinski definition) is 3. The van der Waals surface area contributed by atoms with E-state index in [0.717, 1.165) is 18.8 Å². The number of carbonyl (C=O) groups is 2. The zero-order valence-electron chi connectivity index (χ0n) is 12.3. The van der Waals surface area contributed by atoms with E-state index >= 15 is 0 Å². The summed E-state index contributed by atoms with van der Waals surface area (Å²) >= 11 is 0. The van der Waals surface area contributed by atoms with Crippen LogP contribution in [-0.4, -0.2) is 44.5 Å². The van der Waals surface area contributed by atoms with E-state index in [4.69, 9.17) is 0 Å². The van der Waals surface area contributed by atoms with Crippen LogP contribution in [0.4, 0.5) is 11.4 Å². The number of anilines is 2. The highest BCUT2D eigenvalue weighted by Crippen LogP contribution is 2.31. The van der Waals surface area contributed by atoms with Gasteiger partial charge in [0.15, 0.2) is 0 Å². The first kappa shape index (κ1) is 13.9. The molecule has 0 spiro atoms. The lowest BCUT2D eigenvalue weighted by Gasteiger charge is -2.33. The molecule has 0 aromatic heterocycles. The molecule has 6 heteroatoms. The molecular weight excluding hydrogens is 268 g/mol. The van der Waals surface area contributed by atoms with E-state index < -0.39 is 0 Å². The Balaban J connectivity index is 1.74. The maximum atomic E-state index is 12.1. The average Bonchev–Trinajstić information content (AvgIpc) is 2.42. The van der Waals surface area contributed by atoms with Crippen molar-refractivity contribution in [1.82, 2.24) is 10.6 Å². The topological polar surface area (TPSA) is 73.5 Å². The summed E-state index contributed by atoms with van der Waals surface area (Å²) in [6.45, 7) is 4.46. The third kappa shape index (κ3) is 2.58. The molecular formula is C15H20N4O2. The number of benzene rings is 1. The summed E-state index contributed by atoms with van der Waals surface area (Å²) in [5.74, 6) is 0.376. The summed E-state index contributed by atoms with van der Waals surface area (Å²) in [7, 11) is 1.88. The molecule has 6 nitrogen and oxygen atoms in total. The van der Waals surface area contributed by atoms with Crippen molar-refractivity contribution in [3.05, 3.63) is 23.8 Å². The van der Waals surface area contributed by atoms with Gasteiger partial charge in [-0.25, -0.2) is 0 Å². The second kappa shape index (κ2) is 5.37. The number of likely N-dealkylation sites (N-methyl/N-ethyl adjacent to an activating group) is 1. The van der Waals surface area contributed by atoms with Gasteiger partial charge in [0.05, 0.1) is 11.4 Å². The Bertz CT molecular complexity index is 583. The molecule has 0 bridgehead atoms. The maximum Gasteiger partial charge on any atom is 0.251 e. The molecule has 1 fully saturated rings. The minimum Gasteiger partial charge on any atom is -0.361 e. The van der Waals surface area contributed by atoms with Crippen LogP contribution in [0.15, 0.2) is 18.2 Å². The van der Waals surface area contributed by atoms with E-state index in [2.05, 4.69) is 16.0 Å². The molecule has 0 radical (unpaired) electrons. The molecule has 1 aromatic rings. The molecule has 2 heterocycles. The molecule has 0 aliphatic carbocycles. The predicted molar refractivity (Wildman–Crippen MR) is 81.6 cm³/mol. The van der Waals surface area contributed by atoms with Gasteiger partial charge in [-0.05, 0) is 25.1 Å². The van der Waals surface area contributed by atoms with Crippen LogP contribution in [0, 0.1) is 5.92 Å². The van der Waals surface area contributed by atoms with E-state index in [1.54, 1.807) is 12.1 Å². The fourth-order valence-electron chi connectivity index (χ4n) is 2.54. The normalized spacial score (nSPS) is 21.3. The second-order valence-electron chi connectivity index (χ2n) is 5.74. The Morgan fingerprint density at radius 3 is 2.86 bits per heavy atom. The zero-order valence-corrected chi connectivity index (χ0v) is 12.3.